The van der Waals surface area contributed by atoms with Crippen molar-refractivity contribution in [2.24, 2.45) is 0 Å². The number of carbonyl (C=O) groups excluding carboxylic acids is 1. The normalized spacial score (nSPS) is 12.1. The lowest BCUT2D eigenvalue weighted by atomic mass is 10.2. The van der Waals surface area contributed by atoms with Gasteiger partial charge in [0.25, 0.3) is 0 Å². The number of carbonyl (C=O) groups is 1. The highest BCUT2D eigenvalue weighted by Gasteiger charge is 2.22. The van der Waals surface area contributed by atoms with Crippen molar-refractivity contribution in [1.82, 2.24) is 10.3 Å². The van der Waals surface area contributed by atoms with E-state index in [-0.39, 0.29) is 5.97 Å². The number of aromatic nitrogens is 1. The van der Waals surface area contributed by atoms with Crippen molar-refractivity contribution in [3.63, 3.8) is 0 Å². The molecule has 0 saturated heterocycles. The fourth-order valence-electron chi connectivity index (χ4n) is 1.71. The molecular formula is C14H15BrN2O2S. The molecule has 0 amide bonds. The molecule has 6 heteroatoms. The van der Waals surface area contributed by atoms with Gasteiger partial charge in [-0.05, 0) is 46.4 Å². The number of nitrogens with zero attached hydrogens (tertiary/aromatic N) is 1. The van der Waals surface area contributed by atoms with Crippen molar-refractivity contribution >= 4 is 33.2 Å². The van der Waals surface area contributed by atoms with Crippen molar-refractivity contribution in [3.05, 3.63) is 50.9 Å². The average Bonchev–Trinajstić information content (AvgIpc) is 2.94. The Bertz CT molecular complexity index is 543. The molecule has 0 radical (unpaired) electrons. The average molecular weight is 355 g/mol. The monoisotopic (exact) mass is 354 g/mol. The Morgan fingerprint density at radius 3 is 2.95 bits per heavy atom. The van der Waals surface area contributed by atoms with Crippen LogP contribution in [0.2, 0.25) is 0 Å². The Morgan fingerprint density at radius 2 is 2.35 bits per heavy atom. The predicted octanol–water partition coefficient (Wildman–Crippen LogP) is 3.30. The van der Waals surface area contributed by atoms with Crippen LogP contribution < -0.4 is 5.32 Å². The van der Waals surface area contributed by atoms with Gasteiger partial charge >= 0.3 is 5.97 Å². The van der Waals surface area contributed by atoms with Crippen LogP contribution in [0.1, 0.15) is 23.5 Å². The van der Waals surface area contributed by atoms with Gasteiger partial charge in [-0.15, -0.1) is 11.3 Å². The Kier molecular flexibility index (Phi) is 5.70. The van der Waals surface area contributed by atoms with Gasteiger partial charge in [-0.3, -0.25) is 10.3 Å². The molecule has 0 bridgehead atoms. The molecule has 0 aliphatic carbocycles. The topological polar surface area (TPSA) is 51.2 Å². The molecule has 106 valence electrons. The summed E-state index contributed by atoms with van der Waals surface area (Å²) in [5.41, 5.74) is 0.656. The number of ether oxygens (including phenoxy) is 1. The molecule has 2 rings (SSSR count). The number of nitrogens with one attached hydrogen (secondary N) is 1. The first-order valence-electron chi connectivity index (χ1n) is 6.24. The molecule has 2 aromatic heterocycles. The van der Waals surface area contributed by atoms with Crippen molar-refractivity contribution in [2.45, 2.75) is 19.5 Å². The summed E-state index contributed by atoms with van der Waals surface area (Å²) in [7, 11) is 0. The zero-order valence-electron chi connectivity index (χ0n) is 11.0. The van der Waals surface area contributed by atoms with Crippen molar-refractivity contribution in [2.75, 3.05) is 6.61 Å². The van der Waals surface area contributed by atoms with Gasteiger partial charge < -0.3 is 4.74 Å². The van der Waals surface area contributed by atoms with Gasteiger partial charge in [0.1, 0.15) is 6.04 Å². The summed E-state index contributed by atoms with van der Waals surface area (Å²) in [5.74, 6) is -0.307. The summed E-state index contributed by atoms with van der Waals surface area (Å²) in [6.45, 7) is 2.76. The molecule has 0 aromatic carbocycles. The Hall–Kier alpha value is -1.24. The lowest BCUT2D eigenvalue weighted by molar-refractivity contribution is -0.146. The summed E-state index contributed by atoms with van der Waals surface area (Å²) in [6, 6.07) is 7.13. The predicted molar refractivity (Wildman–Crippen MR) is 82.5 cm³/mol. The number of pyridine rings is 1. The molecule has 1 unspecified atom stereocenters. The summed E-state index contributed by atoms with van der Waals surface area (Å²) < 4.78 is 5.99. The van der Waals surface area contributed by atoms with Crippen LogP contribution in [-0.4, -0.2) is 17.6 Å². The number of halogens is 1. The van der Waals surface area contributed by atoms with E-state index in [2.05, 4.69) is 26.2 Å². The van der Waals surface area contributed by atoms with Crippen LogP contribution in [0.4, 0.5) is 0 Å². The maximum Gasteiger partial charge on any atom is 0.329 e. The van der Waals surface area contributed by atoms with Gasteiger partial charge in [0.15, 0.2) is 0 Å². The van der Waals surface area contributed by atoms with Gasteiger partial charge in [0, 0.05) is 22.1 Å². The number of rotatable bonds is 6. The highest BCUT2D eigenvalue weighted by Crippen LogP contribution is 2.17. The maximum absolute atomic E-state index is 12.1. The van der Waals surface area contributed by atoms with Gasteiger partial charge in [0.05, 0.1) is 12.3 Å². The fourth-order valence-corrected chi connectivity index (χ4v) is 2.60. The molecular weight excluding hydrogens is 340 g/mol. The minimum absolute atomic E-state index is 0.307. The third-order valence-corrected chi connectivity index (χ3v) is 3.97. The van der Waals surface area contributed by atoms with Crippen LogP contribution in [-0.2, 0) is 16.1 Å². The lowest BCUT2D eigenvalue weighted by Gasteiger charge is -2.16. The summed E-state index contributed by atoms with van der Waals surface area (Å²) in [5, 5.41) is 5.21. The smallest absolute Gasteiger partial charge is 0.329 e. The maximum atomic E-state index is 12.1. The van der Waals surface area contributed by atoms with E-state index in [1.54, 1.807) is 24.5 Å². The van der Waals surface area contributed by atoms with Crippen molar-refractivity contribution in [3.8, 4) is 0 Å². The second-order valence-electron chi connectivity index (χ2n) is 4.05. The largest absolute Gasteiger partial charge is 0.465 e. The van der Waals surface area contributed by atoms with E-state index in [0.717, 1.165) is 9.35 Å². The van der Waals surface area contributed by atoms with Gasteiger partial charge in [0.2, 0.25) is 0 Å². The Morgan fingerprint density at radius 1 is 1.50 bits per heavy atom. The lowest BCUT2D eigenvalue weighted by Crippen LogP contribution is -2.30. The van der Waals surface area contributed by atoms with E-state index in [1.807, 2.05) is 29.6 Å². The Labute approximate surface area is 130 Å². The first-order valence-corrected chi connectivity index (χ1v) is 7.92. The van der Waals surface area contributed by atoms with E-state index in [1.165, 1.54) is 0 Å². The van der Waals surface area contributed by atoms with Crippen LogP contribution in [0.5, 0.6) is 0 Å². The number of thiophene rings is 1. The molecule has 0 aliphatic rings. The third-order valence-electron chi connectivity index (χ3n) is 2.63. The molecule has 0 aliphatic heterocycles. The molecule has 1 atom stereocenters. The molecule has 4 nitrogen and oxygen atoms in total. The SMILES string of the molecule is CCOC(=O)C(NCc1cccs1)c1ccc(Br)cn1. The zero-order chi connectivity index (χ0) is 14.4. The number of esters is 1. The summed E-state index contributed by atoms with van der Waals surface area (Å²) >= 11 is 4.98. The molecule has 0 saturated carbocycles. The second-order valence-corrected chi connectivity index (χ2v) is 5.99. The van der Waals surface area contributed by atoms with E-state index in [0.29, 0.717) is 18.8 Å². The minimum atomic E-state index is -0.551. The highest BCUT2D eigenvalue weighted by atomic mass is 79.9. The van der Waals surface area contributed by atoms with Crippen molar-refractivity contribution in [1.29, 1.82) is 0 Å². The zero-order valence-corrected chi connectivity index (χ0v) is 13.4. The van der Waals surface area contributed by atoms with Crippen LogP contribution in [0.15, 0.2) is 40.3 Å². The summed E-state index contributed by atoms with van der Waals surface area (Å²) in [6.07, 6.45) is 1.67. The van der Waals surface area contributed by atoms with E-state index < -0.39 is 6.04 Å². The van der Waals surface area contributed by atoms with Gasteiger partial charge in [-0.25, -0.2) is 4.79 Å². The van der Waals surface area contributed by atoms with Crippen LogP contribution in [0.3, 0.4) is 0 Å². The molecule has 20 heavy (non-hydrogen) atoms. The minimum Gasteiger partial charge on any atom is -0.465 e. The third kappa shape index (κ3) is 4.13. The van der Waals surface area contributed by atoms with Crippen LogP contribution in [0, 0.1) is 0 Å². The standard InChI is InChI=1S/C14H15BrN2O2S/c1-2-19-14(18)13(12-6-5-10(15)8-16-12)17-9-11-4-3-7-20-11/h3-8,13,17H,2,9H2,1H3. The molecule has 0 fully saturated rings. The van der Waals surface area contributed by atoms with Crippen LogP contribution >= 0.6 is 27.3 Å². The van der Waals surface area contributed by atoms with E-state index in [9.17, 15) is 4.79 Å². The Balaban J connectivity index is 2.11. The fraction of sp³-hybridized carbons (Fsp3) is 0.286. The van der Waals surface area contributed by atoms with Crippen molar-refractivity contribution < 1.29 is 9.53 Å². The number of hydrogen-bond donors (Lipinski definition) is 1. The molecule has 2 aromatic rings. The van der Waals surface area contributed by atoms with E-state index >= 15 is 0 Å². The highest BCUT2D eigenvalue weighted by molar-refractivity contribution is 9.10. The van der Waals surface area contributed by atoms with Crippen LogP contribution in [0.25, 0.3) is 0 Å². The molecule has 1 N–H and O–H groups in total. The van der Waals surface area contributed by atoms with Gasteiger partial charge in [-0.2, -0.15) is 0 Å². The summed E-state index contributed by atoms with van der Waals surface area (Å²) in [4.78, 5) is 17.5. The molecule has 2 heterocycles. The van der Waals surface area contributed by atoms with Gasteiger partial charge in [-0.1, -0.05) is 6.07 Å². The number of hydrogen-bond acceptors (Lipinski definition) is 5. The second kappa shape index (κ2) is 7.52. The quantitative estimate of drug-likeness (QED) is 0.808. The first-order chi connectivity index (χ1) is 9.70. The van der Waals surface area contributed by atoms with E-state index in [4.69, 9.17) is 4.74 Å². The molecule has 0 spiro atoms. The first kappa shape index (κ1) is 15.2.